The van der Waals surface area contributed by atoms with Crippen LogP contribution in [0.25, 0.3) is 0 Å². The summed E-state index contributed by atoms with van der Waals surface area (Å²) in [6.07, 6.45) is 6.70. The topological polar surface area (TPSA) is 12.0 Å². The van der Waals surface area contributed by atoms with Gasteiger partial charge in [-0.2, -0.15) is 0 Å². The summed E-state index contributed by atoms with van der Waals surface area (Å²) in [5.41, 5.74) is 4.49. The van der Waals surface area contributed by atoms with Gasteiger partial charge in [-0.25, -0.2) is 0 Å². The summed E-state index contributed by atoms with van der Waals surface area (Å²) in [5.74, 6) is 2.57. The lowest BCUT2D eigenvalue weighted by molar-refractivity contribution is 0.268. The van der Waals surface area contributed by atoms with Crippen molar-refractivity contribution in [1.82, 2.24) is 0 Å². The average Bonchev–Trinajstić information content (AvgIpc) is 2.37. The molecule has 0 spiro atoms. The third-order valence-electron chi connectivity index (χ3n) is 4.72. The monoisotopic (exact) mass is 243 g/mol. The second-order valence-corrected chi connectivity index (χ2v) is 6.56. The minimum absolute atomic E-state index is 0.790. The SMILES string of the molecule is CC1CC(C)CC(c2ccc3c(c2)NCCC3)C1. The van der Waals surface area contributed by atoms with E-state index in [0.29, 0.717) is 0 Å². The lowest BCUT2D eigenvalue weighted by Gasteiger charge is -2.32. The lowest BCUT2D eigenvalue weighted by atomic mass is 9.74. The Bertz CT molecular complexity index is 414. The molecule has 1 aliphatic carbocycles. The standard InChI is InChI=1S/C17H25N/c1-12-8-13(2)10-16(9-12)15-6-5-14-4-3-7-18-17(14)11-15/h5-6,11-13,16,18H,3-4,7-10H2,1-2H3. The molecule has 1 heteroatoms. The van der Waals surface area contributed by atoms with Gasteiger partial charge < -0.3 is 5.32 Å². The Balaban J connectivity index is 1.83. The van der Waals surface area contributed by atoms with Gasteiger partial charge in [0.15, 0.2) is 0 Å². The molecular formula is C17H25N. The average molecular weight is 243 g/mol. The van der Waals surface area contributed by atoms with Crippen molar-refractivity contribution < 1.29 is 0 Å². The third kappa shape index (κ3) is 2.41. The van der Waals surface area contributed by atoms with Gasteiger partial charge in [-0.15, -0.1) is 0 Å². The van der Waals surface area contributed by atoms with E-state index in [-0.39, 0.29) is 0 Å². The maximum absolute atomic E-state index is 3.56. The molecule has 0 radical (unpaired) electrons. The molecule has 1 aromatic carbocycles. The van der Waals surface area contributed by atoms with Crippen LogP contribution in [0.5, 0.6) is 0 Å². The molecule has 1 nitrogen and oxygen atoms in total. The zero-order chi connectivity index (χ0) is 12.5. The van der Waals surface area contributed by atoms with Crippen molar-refractivity contribution in [1.29, 1.82) is 0 Å². The second kappa shape index (κ2) is 4.95. The number of nitrogens with one attached hydrogen (secondary N) is 1. The number of aryl methyl sites for hydroxylation is 1. The van der Waals surface area contributed by atoms with Crippen LogP contribution in [0.4, 0.5) is 5.69 Å². The Morgan fingerprint density at radius 1 is 1.06 bits per heavy atom. The summed E-state index contributed by atoms with van der Waals surface area (Å²) in [5, 5.41) is 3.56. The molecule has 0 bridgehead atoms. The van der Waals surface area contributed by atoms with Crippen LogP contribution >= 0.6 is 0 Å². The zero-order valence-corrected chi connectivity index (χ0v) is 11.7. The molecule has 98 valence electrons. The van der Waals surface area contributed by atoms with Crippen LogP contribution < -0.4 is 5.32 Å². The Morgan fingerprint density at radius 3 is 2.61 bits per heavy atom. The van der Waals surface area contributed by atoms with Gasteiger partial charge in [0.25, 0.3) is 0 Å². The van der Waals surface area contributed by atoms with Gasteiger partial charge in [0.2, 0.25) is 0 Å². The van der Waals surface area contributed by atoms with E-state index in [0.717, 1.165) is 24.3 Å². The summed E-state index contributed by atoms with van der Waals surface area (Å²) in [6.45, 7) is 5.98. The van der Waals surface area contributed by atoms with Crippen molar-refractivity contribution >= 4 is 5.69 Å². The van der Waals surface area contributed by atoms with E-state index in [9.17, 15) is 0 Å². The van der Waals surface area contributed by atoms with Gasteiger partial charge in [0.1, 0.15) is 0 Å². The highest BCUT2D eigenvalue weighted by Gasteiger charge is 2.25. The van der Waals surface area contributed by atoms with Gasteiger partial charge in [-0.05, 0) is 67.1 Å². The number of hydrogen-bond donors (Lipinski definition) is 1. The quantitative estimate of drug-likeness (QED) is 0.761. The first-order valence-electron chi connectivity index (χ1n) is 7.59. The van der Waals surface area contributed by atoms with Crippen LogP contribution in [0.1, 0.15) is 56.6 Å². The van der Waals surface area contributed by atoms with Crippen LogP contribution in [-0.2, 0) is 6.42 Å². The molecular weight excluding hydrogens is 218 g/mol. The predicted molar refractivity (Wildman–Crippen MR) is 78.2 cm³/mol. The summed E-state index contributed by atoms with van der Waals surface area (Å²) in [7, 11) is 0. The van der Waals surface area contributed by atoms with E-state index >= 15 is 0 Å². The molecule has 1 aromatic rings. The second-order valence-electron chi connectivity index (χ2n) is 6.56. The number of anilines is 1. The molecule has 0 saturated heterocycles. The first kappa shape index (κ1) is 12.1. The highest BCUT2D eigenvalue weighted by atomic mass is 14.9. The highest BCUT2D eigenvalue weighted by molar-refractivity contribution is 5.55. The first-order chi connectivity index (χ1) is 8.72. The number of rotatable bonds is 1. The molecule has 2 aliphatic rings. The van der Waals surface area contributed by atoms with Gasteiger partial charge in [-0.3, -0.25) is 0 Å². The predicted octanol–water partition coefficient (Wildman–Crippen LogP) is 4.58. The van der Waals surface area contributed by atoms with Crippen molar-refractivity contribution in [2.24, 2.45) is 11.8 Å². The fraction of sp³-hybridized carbons (Fsp3) is 0.647. The van der Waals surface area contributed by atoms with E-state index < -0.39 is 0 Å². The molecule has 3 rings (SSSR count). The smallest absolute Gasteiger partial charge is 0.0375 e. The third-order valence-corrected chi connectivity index (χ3v) is 4.72. The Kier molecular flexibility index (Phi) is 3.32. The Hall–Kier alpha value is -0.980. The maximum Gasteiger partial charge on any atom is 0.0375 e. The van der Waals surface area contributed by atoms with Crippen molar-refractivity contribution in [2.45, 2.75) is 51.9 Å². The van der Waals surface area contributed by atoms with Gasteiger partial charge in [0, 0.05) is 12.2 Å². The molecule has 1 fully saturated rings. The molecule has 18 heavy (non-hydrogen) atoms. The van der Waals surface area contributed by atoms with E-state index in [1.807, 2.05) is 0 Å². The molecule has 0 amide bonds. The lowest BCUT2D eigenvalue weighted by Crippen LogP contribution is -2.19. The van der Waals surface area contributed by atoms with E-state index in [1.165, 1.54) is 43.4 Å². The van der Waals surface area contributed by atoms with Crippen molar-refractivity contribution in [3.8, 4) is 0 Å². The molecule has 0 aromatic heterocycles. The molecule has 2 unspecified atom stereocenters. The molecule has 1 saturated carbocycles. The van der Waals surface area contributed by atoms with Crippen molar-refractivity contribution in [2.75, 3.05) is 11.9 Å². The fourth-order valence-electron chi connectivity index (χ4n) is 3.95. The summed E-state index contributed by atoms with van der Waals surface area (Å²) >= 11 is 0. The van der Waals surface area contributed by atoms with E-state index in [4.69, 9.17) is 0 Å². The van der Waals surface area contributed by atoms with E-state index in [1.54, 1.807) is 5.56 Å². The Morgan fingerprint density at radius 2 is 1.83 bits per heavy atom. The van der Waals surface area contributed by atoms with Gasteiger partial charge >= 0.3 is 0 Å². The Labute approximate surface area is 111 Å². The van der Waals surface area contributed by atoms with Crippen LogP contribution in [0.3, 0.4) is 0 Å². The van der Waals surface area contributed by atoms with Gasteiger partial charge in [0.05, 0.1) is 0 Å². The van der Waals surface area contributed by atoms with Crippen molar-refractivity contribution in [3.63, 3.8) is 0 Å². The summed E-state index contributed by atoms with van der Waals surface area (Å²) in [4.78, 5) is 0. The minimum Gasteiger partial charge on any atom is -0.385 e. The minimum atomic E-state index is 0.790. The molecule has 1 aliphatic heterocycles. The fourth-order valence-corrected chi connectivity index (χ4v) is 3.95. The maximum atomic E-state index is 3.56. The summed E-state index contributed by atoms with van der Waals surface area (Å²) < 4.78 is 0. The van der Waals surface area contributed by atoms with Crippen LogP contribution in [0.2, 0.25) is 0 Å². The van der Waals surface area contributed by atoms with Crippen LogP contribution in [0, 0.1) is 11.8 Å². The van der Waals surface area contributed by atoms with Gasteiger partial charge in [-0.1, -0.05) is 26.0 Å². The van der Waals surface area contributed by atoms with Crippen LogP contribution in [0.15, 0.2) is 18.2 Å². The normalized spacial score (nSPS) is 31.6. The highest BCUT2D eigenvalue weighted by Crippen LogP contribution is 2.40. The largest absolute Gasteiger partial charge is 0.385 e. The molecule has 2 atom stereocenters. The van der Waals surface area contributed by atoms with Crippen molar-refractivity contribution in [3.05, 3.63) is 29.3 Å². The molecule has 1 N–H and O–H groups in total. The summed E-state index contributed by atoms with van der Waals surface area (Å²) in [6, 6.07) is 7.19. The molecule has 1 heterocycles. The van der Waals surface area contributed by atoms with Crippen LogP contribution in [-0.4, -0.2) is 6.54 Å². The number of fused-ring (bicyclic) bond motifs is 1. The number of benzene rings is 1. The first-order valence-corrected chi connectivity index (χ1v) is 7.59. The number of hydrogen-bond acceptors (Lipinski definition) is 1. The zero-order valence-electron chi connectivity index (χ0n) is 11.7. The van der Waals surface area contributed by atoms with E-state index in [2.05, 4.69) is 37.4 Å².